The Balaban J connectivity index is 0.000000845. The van der Waals surface area contributed by atoms with Crippen LogP contribution in [0.1, 0.15) is 33.6 Å². The molecule has 0 aliphatic heterocycles. The predicted octanol–water partition coefficient (Wildman–Crippen LogP) is 2.70. The van der Waals surface area contributed by atoms with Crippen molar-refractivity contribution in [1.29, 1.82) is 0 Å². The fourth-order valence-electron chi connectivity index (χ4n) is 3.53. The SMILES string of the molecule is CNC1C[C@@H]2C[C@@H]([C@@H]1C)C2(C)C.Cl. The quantitative estimate of drug-likeness (QED) is 0.691. The summed E-state index contributed by atoms with van der Waals surface area (Å²) in [7, 11) is 2.11. The number of rotatable bonds is 1. The first kappa shape index (κ1) is 11.3. The van der Waals surface area contributed by atoms with Gasteiger partial charge in [-0.3, -0.25) is 0 Å². The van der Waals surface area contributed by atoms with E-state index in [0.717, 1.165) is 23.8 Å². The Kier molecular flexibility index (Phi) is 2.99. The molecule has 2 bridgehead atoms. The van der Waals surface area contributed by atoms with Crippen molar-refractivity contribution in [3.8, 4) is 0 Å². The molecule has 0 heterocycles. The van der Waals surface area contributed by atoms with E-state index in [1.165, 1.54) is 12.8 Å². The summed E-state index contributed by atoms with van der Waals surface area (Å²) in [5.74, 6) is 2.86. The largest absolute Gasteiger partial charge is 0.317 e. The van der Waals surface area contributed by atoms with Crippen LogP contribution in [0.4, 0.5) is 0 Å². The second kappa shape index (κ2) is 3.43. The lowest BCUT2D eigenvalue weighted by Crippen LogP contribution is -2.59. The number of fused-ring (bicyclic) bond motifs is 2. The molecule has 78 valence electrons. The van der Waals surface area contributed by atoms with Crippen LogP contribution < -0.4 is 5.32 Å². The molecule has 0 aromatic carbocycles. The highest BCUT2D eigenvalue weighted by atomic mass is 35.5. The number of nitrogens with one attached hydrogen (secondary N) is 1. The Bertz CT molecular complexity index is 191. The highest BCUT2D eigenvalue weighted by Crippen LogP contribution is 2.61. The second-order valence-electron chi connectivity index (χ2n) is 5.35. The van der Waals surface area contributed by atoms with Crippen LogP contribution in [-0.2, 0) is 0 Å². The highest BCUT2D eigenvalue weighted by molar-refractivity contribution is 5.85. The smallest absolute Gasteiger partial charge is 0.00953 e. The maximum Gasteiger partial charge on any atom is 0.00953 e. The summed E-state index contributed by atoms with van der Waals surface area (Å²) in [6.07, 6.45) is 2.90. The molecule has 0 spiro atoms. The van der Waals surface area contributed by atoms with Gasteiger partial charge in [0.2, 0.25) is 0 Å². The Morgan fingerprint density at radius 2 is 1.85 bits per heavy atom. The summed E-state index contributed by atoms with van der Waals surface area (Å²) in [6, 6.07) is 0.793. The summed E-state index contributed by atoms with van der Waals surface area (Å²) in [6.45, 7) is 7.32. The number of hydrogen-bond donors (Lipinski definition) is 1. The molecule has 3 aliphatic rings. The lowest BCUT2D eigenvalue weighted by atomic mass is 9.45. The normalized spacial score (nSPS) is 46.2. The van der Waals surface area contributed by atoms with Gasteiger partial charge in [0.1, 0.15) is 0 Å². The molecule has 3 fully saturated rings. The van der Waals surface area contributed by atoms with Crippen molar-refractivity contribution in [2.75, 3.05) is 7.05 Å². The molecule has 3 saturated carbocycles. The molecular weight excluding hydrogens is 182 g/mol. The summed E-state index contributed by atoms with van der Waals surface area (Å²) in [4.78, 5) is 0. The van der Waals surface area contributed by atoms with Crippen molar-refractivity contribution in [3.05, 3.63) is 0 Å². The molecule has 0 aromatic rings. The average Bonchev–Trinajstić information content (AvgIpc) is 2.03. The van der Waals surface area contributed by atoms with E-state index in [1.54, 1.807) is 0 Å². The predicted molar refractivity (Wildman–Crippen MR) is 59.3 cm³/mol. The van der Waals surface area contributed by atoms with Crippen LogP contribution in [0.3, 0.4) is 0 Å². The van der Waals surface area contributed by atoms with Crippen LogP contribution in [0.15, 0.2) is 0 Å². The summed E-state index contributed by atoms with van der Waals surface area (Å²) >= 11 is 0. The van der Waals surface area contributed by atoms with Gasteiger partial charge in [-0.25, -0.2) is 0 Å². The lowest BCUT2D eigenvalue weighted by molar-refractivity contribution is -0.113. The van der Waals surface area contributed by atoms with Crippen molar-refractivity contribution < 1.29 is 0 Å². The molecule has 13 heavy (non-hydrogen) atoms. The van der Waals surface area contributed by atoms with Gasteiger partial charge in [0.15, 0.2) is 0 Å². The average molecular weight is 204 g/mol. The molecule has 4 atom stereocenters. The molecule has 3 rings (SSSR count). The molecule has 1 N–H and O–H groups in total. The summed E-state index contributed by atoms with van der Waals surface area (Å²) in [5.41, 5.74) is 0.646. The fraction of sp³-hybridized carbons (Fsp3) is 1.00. The Morgan fingerprint density at radius 3 is 2.23 bits per heavy atom. The Hall–Kier alpha value is 0.250. The van der Waals surface area contributed by atoms with Gasteiger partial charge < -0.3 is 5.32 Å². The first-order valence-electron chi connectivity index (χ1n) is 5.24. The maximum atomic E-state index is 3.45. The van der Waals surface area contributed by atoms with Crippen LogP contribution in [0, 0.1) is 23.2 Å². The molecule has 2 heteroatoms. The second-order valence-corrected chi connectivity index (χ2v) is 5.35. The van der Waals surface area contributed by atoms with Crippen molar-refractivity contribution in [1.82, 2.24) is 5.32 Å². The van der Waals surface area contributed by atoms with Gasteiger partial charge in [-0.1, -0.05) is 20.8 Å². The Morgan fingerprint density at radius 1 is 1.23 bits per heavy atom. The van der Waals surface area contributed by atoms with E-state index in [4.69, 9.17) is 0 Å². The third-order valence-electron chi connectivity index (χ3n) is 4.72. The van der Waals surface area contributed by atoms with E-state index in [2.05, 4.69) is 33.1 Å². The third-order valence-corrected chi connectivity index (χ3v) is 4.72. The van der Waals surface area contributed by atoms with Crippen LogP contribution in [0.2, 0.25) is 0 Å². The Labute approximate surface area is 88.1 Å². The van der Waals surface area contributed by atoms with Crippen molar-refractivity contribution in [2.24, 2.45) is 23.2 Å². The number of hydrogen-bond acceptors (Lipinski definition) is 1. The molecule has 0 saturated heterocycles. The summed E-state index contributed by atoms with van der Waals surface area (Å²) in [5, 5.41) is 3.45. The van der Waals surface area contributed by atoms with E-state index in [9.17, 15) is 0 Å². The van der Waals surface area contributed by atoms with Gasteiger partial charge in [-0.05, 0) is 43.1 Å². The van der Waals surface area contributed by atoms with E-state index in [1.807, 2.05) is 0 Å². The van der Waals surface area contributed by atoms with Crippen molar-refractivity contribution >= 4 is 12.4 Å². The van der Waals surface area contributed by atoms with Crippen LogP contribution in [-0.4, -0.2) is 13.1 Å². The van der Waals surface area contributed by atoms with Crippen molar-refractivity contribution in [3.63, 3.8) is 0 Å². The maximum absolute atomic E-state index is 3.45. The van der Waals surface area contributed by atoms with Crippen LogP contribution >= 0.6 is 12.4 Å². The van der Waals surface area contributed by atoms with Gasteiger partial charge in [0, 0.05) is 6.04 Å². The topological polar surface area (TPSA) is 12.0 Å². The van der Waals surface area contributed by atoms with Gasteiger partial charge in [-0.2, -0.15) is 0 Å². The van der Waals surface area contributed by atoms with Gasteiger partial charge in [0.25, 0.3) is 0 Å². The van der Waals surface area contributed by atoms with E-state index in [0.29, 0.717) is 5.41 Å². The van der Waals surface area contributed by atoms with Gasteiger partial charge in [0.05, 0.1) is 0 Å². The van der Waals surface area contributed by atoms with E-state index >= 15 is 0 Å². The minimum atomic E-state index is 0. The monoisotopic (exact) mass is 203 g/mol. The van der Waals surface area contributed by atoms with Crippen LogP contribution in [0.25, 0.3) is 0 Å². The number of halogens is 1. The molecule has 3 aliphatic carbocycles. The molecule has 1 unspecified atom stereocenters. The standard InChI is InChI=1S/C11H21N.ClH/c1-7-9-5-8(11(9,2)3)6-10(7)12-4;/h7-10,12H,5-6H2,1-4H3;1H/t7-,8-,9-,10?;/m0./s1. The molecule has 1 nitrogen and oxygen atoms in total. The first-order chi connectivity index (χ1) is 5.57. The zero-order chi connectivity index (χ0) is 8.93. The zero-order valence-corrected chi connectivity index (χ0v) is 9.95. The van der Waals surface area contributed by atoms with Crippen LogP contribution in [0.5, 0.6) is 0 Å². The lowest BCUT2D eigenvalue weighted by Gasteiger charge is -2.62. The minimum absolute atomic E-state index is 0. The van der Waals surface area contributed by atoms with Crippen molar-refractivity contribution in [2.45, 2.75) is 39.7 Å². The third kappa shape index (κ3) is 1.41. The zero-order valence-electron chi connectivity index (χ0n) is 9.13. The first-order valence-corrected chi connectivity index (χ1v) is 5.24. The fourth-order valence-corrected chi connectivity index (χ4v) is 3.53. The minimum Gasteiger partial charge on any atom is -0.317 e. The van der Waals surface area contributed by atoms with Gasteiger partial charge in [-0.15, -0.1) is 12.4 Å². The molecule has 0 amide bonds. The summed E-state index contributed by atoms with van der Waals surface area (Å²) < 4.78 is 0. The highest BCUT2D eigenvalue weighted by Gasteiger charge is 2.55. The molecule has 0 aromatic heterocycles. The van der Waals surface area contributed by atoms with E-state index in [-0.39, 0.29) is 12.4 Å². The molecular formula is C11H22ClN. The molecule has 0 radical (unpaired) electrons. The van der Waals surface area contributed by atoms with Gasteiger partial charge >= 0.3 is 0 Å². The van der Waals surface area contributed by atoms with E-state index < -0.39 is 0 Å².